The third-order valence-corrected chi connectivity index (χ3v) is 6.46. The molecule has 0 saturated heterocycles. The van der Waals surface area contributed by atoms with Crippen LogP contribution in [-0.4, -0.2) is 16.1 Å². The number of anilines is 1. The number of amides is 1. The molecule has 1 amide bonds. The van der Waals surface area contributed by atoms with E-state index in [0.717, 1.165) is 20.1 Å². The third-order valence-electron chi connectivity index (χ3n) is 2.85. The number of halogens is 1. The predicted octanol–water partition coefficient (Wildman–Crippen LogP) is 4.84. The first kappa shape index (κ1) is 16.6. The highest BCUT2D eigenvalue weighted by molar-refractivity contribution is 9.10. The number of hydrogen-bond donors (Lipinski definition) is 1. The van der Waals surface area contributed by atoms with E-state index < -0.39 is 0 Å². The van der Waals surface area contributed by atoms with E-state index in [4.69, 9.17) is 0 Å². The van der Waals surface area contributed by atoms with Gasteiger partial charge in [0.2, 0.25) is 11.0 Å². The topological polar surface area (TPSA) is 54.9 Å². The van der Waals surface area contributed by atoms with Crippen LogP contribution in [0.1, 0.15) is 10.4 Å². The van der Waals surface area contributed by atoms with Crippen LogP contribution in [-0.2, 0) is 17.0 Å². The van der Waals surface area contributed by atoms with Crippen molar-refractivity contribution in [2.75, 3.05) is 5.32 Å². The van der Waals surface area contributed by atoms with Gasteiger partial charge in [-0.2, -0.15) is 0 Å². The van der Waals surface area contributed by atoms with Crippen LogP contribution in [0, 0.1) is 0 Å². The standard InChI is InChI=1S/C15H12BrN3OS3/c16-11-5-3-10(4-6-11)8-13(20)17-14-18-19-15(23-14)22-9-12-2-1-7-21-12/h1-7H,8-9H2,(H,17,18,20). The quantitative estimate of drug-likeness (QED) is 0.453. The molecule has 3 aromatic rings. The van der Waals surface area contributed by atoms with Crippen molar-refractivity contribution in [3.63, 3.8) is 0 Å². The van der Waals surface area contributed by atoms with Crippen molar-refractivity contribution in [2.45, 2.75) is 16.5 Å². The summed E-state index contributed by atoms with van der Waals surface area (Å²) >= 11 is 8.14. The largest absolute Gasteiger partial charge is 0.300 e. The maximum Gasteiger partial charge on any atom is 0.230 e. The summed E-state index contributed by atoms with van der Waals surface area (Å²) in [6.45, 7) is 0. The van der Waals surface area contributed by atoms with E-state index in [1.54, 1.807) is 23.1 Å². The van der Waals surface area contributed by atoms with Crippen LogP contribution in [0.2, 0.25) is 0 Å². The molecular formula is C15H12BrN3OS3. The number of thiophene rings is 1. The fraction of sp³-hybridized carbons (Fsp3) is 0.133. The summed E-state index contributed by atoms with van der Waals surface area (Å²) in [5.41, 5.74) is 0.961. The van der Waals surface area contributed by atoms with Gasteiger partial charge in [0.05, 0.1) is 6.42 Å². The normalized spacial score (nSPS) is 10.7. The smallest absolute Gasteiger partial charge is 0.230 e. The molecule has 4 nitrogen and oxygen atoms in total. The second kappa shape index (κ2) is 8.05. The first-order chi connectivity index (χ1) is 11.2. The first-order valence-electron chi connectivity index (χ1n) is 6.72. The number of carbonyl (C=O) groups is 1. The lowest BCUT2D eigenvalue weighted by Gasteiger charge is -2.01. The van der Waals surface area contributed by atoms with Crippen molar-refractivity contribution in [2.24, 2.45) is 0 Å². The summed E-state index contributed by atoms with van der Waals surface area (Å²) in [5, 5.41) is 13.5. The molecule has 0 atom stereocenters. The Hall–Kier alpha value is -1.22. The molecule has 8 heteroatoms. The highest BCUT2D eigenvalue weighted by atomic mass is 79.9. The minimum Gasteiger partial charge on any atom is -0.300 e. The number of thioether (sulfide) groups is 1. The second-order valence-corrected chi connectivity index (χ2v) is 8.74. The number of nitrogens with one attached hydrogen (secondary N) is 1. The van der Waals surface area contributed by atoms with Gasteiger partial charge >= 0.3 is 0 Å². The Morgan fingerprint density at radius 1 is 1.22 bits per heavy atom. The molecular weight excluding hydrogens is 414 g/mol. The first-order valence-corrected chi connectivity index (χ1v) is 10.2. The summed E-state index contributed by atoms with van der Waals surface area (Å²) in [6, 6.07) is 11.8. The van der Waals surface area contributed by atoms with Gasteiger partial charge in [0.1, 0.15) is 0 Å². The number of benzene rings is 1. The molecule has 2 heterocycles. The lowest BCUT2D eigenvalue weighted by molar-refractivity contribution is -0.115. The van der Waals surface area contributed by atoms with Crippen LogP contribution in [0.5, 0.6) is 0 Å². The summed E-state index contributed by atoms with van der Waals surface area (Å²) in [6.07, 6.45) is 0.324. The number of carbonyl (C=O) groups excluding carboxylic acids is 1. The van der Waals surface area contributed by atoms with Crippen molar-refractivity contribution in [3.05, 3.63) is 56.7 Å². The Balaban J connectivity index is 1.51. The number of aromatic nitrogens is 2. The van der Waals surface area contributed by atoms with Crippen molar-refractivity contribution in [1.82, 2.24) is 10.2 Å². The Kier molecular flexibility index (Phi) is 5.82. The van der Waals surface area contributed by atoms with Crippen molar-refractivity contribution < 1.29 is 4.79 Å². The van der Waals surface area contributed by atoms with E-state index in [2.05, 4.69) is 42.9 Å². The molecule has 23 heavy (non-hydrogen) atoms. The summed E-state index contributed by atoms with van der Waals surface area (Å²) in [7, 11) is 0. The van der Waals surface area contributed by atoms with Gasteiger partial charge < -0.3 is 5.32 Å². The van der Waals surface area contributed by atoms with Gasteiger partial charge in [-0.1, -0.05) is 57.2 Å². The zero-order chi connectivity index (χ0) is 16.1. The number of rotatable bonds is 6. The molecule has 0 spiro atoms. The zero-order valence-electron chi connectivity index (χ0n) is 11.9. The van der Waals surface area contributed by atoms with E-state index in [-0.39, 0.29) is 5.91 Å². The fourth-order valence-electron chi connectivity index (χ4n) is 1.80. The second-order valence-electron chi connectivity index (χ2n) is 4.59. The average molecular weight is 426 g/mol. The highest BCUT2D eigenvalue weighted by Crippen LogP contribution is 2.29. The van der Waals surface area contributed by atoms with Gasteiger partial charge in [-0.25, -0.2) is 0 Å². The SMILES string of the molecule is O=C(Cc1ccc(Br)cc1)Nc1nnc(SCc2cccs2)s1. The molecule has 0 aliphatic heterocycles. The molecule has 1 aromatic carbocycles. The van der Waals surface area contributed by atoms with Crippen molar-refractivity contribution in [1.29, 1.82) is 0 Å². The maximum atomic E-state index is 12.0. The van der Waals surface area contributed by atoms with E-state index in [1.165, 1.54) is 16.2 Å². The summed E-state index contributed by atoms with van der Waals surface area (Å²) in [5.74, 6) is 0.789. The maximum absolute atomic E-state index is 12.0. The molecule has 0 unspecified atom stereocenters. The number of nitrogens with zero attached hydrogens (tertiary/aromatic N) is 2. The van der Waals surface area contributed by atoms with E-state index >= 15 is 0 Å². The number of hydrogen-bond acceptors (Lipinski definition) is 6. The Morgan fingerprint density at radius 2 is 2.04 bits per heavy atom. The molecule has 118 valence electrons. The van der Waals surface area contributed by atoms with Crippen LogP contribution in [0.25, 0.3) is 0 Å². The van der Waals surface area contributed by atoms with Crippen molar-refractivity contribution >= 4 is 61.4 Å². The van der Waals surface area contributed by atoms with Crippen LogP contribution < -0.4 is 5.32 Å². The molecule has 3 rings (SSSR count). The van der Waals surface area contributed by atoms with Gasteiger partial charge in [0.15, 0.2) is 4.34 Å². The molecule has 0 radical (unpaired) electrons. The molecule has 0 fully saturated rings. The van der Waals surface area contributed by atoms with E-state index in [1.807, 2.05) is 30.3 Å². The molecule has 2 aromatic heterocycles. The summed E-state index contributed by atoms with van der Waals surface area (Å²) < 4.78 is 1.86. The monoisotopic (exact) mass is 425 g/mol. The average Bonchev–Trinajstić information content (AvgIpc) is 3.19. The van der Waals surface area contributed by atoms with Gasteiger partial charge in [0, 0.05) is 15.1 Å². The van der Waals surface area contributed by atoms with Gasteiger partial charge in [-0.3, -0.25) is 4.79 Å². The Labute approximate surface area is 154 Å². The Morgan fingerprint density at radius 3 is 2.78 bits per heavy atom. The molecule has 1 N–H and O–H groups in total. The molecule has 0 bridgehead atoms. The van der Waals surface area contributed by atoms with Crippen molar-refractivity contribution in [3.8, 4) is 0 Å². The molecule has 0 aliphatic carbocycles. The minimum atomic E-state index is -0.0849. The predicted molar refractivity (Wildman–Crippen MR) is 100 cm³/mol. The van der Waals surface area contributed by atoms with Crippen LogP contribution in [0.4, 0.5) is 5.13 Å². The molecule has 0 aliphatic rings. The lowest BCUT2D eigenvalue weighted by atomic mass is 10.1. The van der Waals surface area contributed by atoms with Crippen LogP contribution in [0.15, 0.2) is 50.6 Å². The van der Waals surface area contributed by atoms with E-state index in [9.17, 15) is 4.79 Å². The Bertz CT molecular complexity index is 772. The fourth-order valence-corrected chi connectivity index (χ4v) is 4.60. The third kappa shape index (κ3) is 5.13. The summed E-state index contributed by atoms with van der Waals surface area (Å²) in [4.78, 5) is 13.3. The van der Waals surface area contributed by atoms with Crippen LogP contribution in [0.3, 0.4) is 0 Å². The zero-order valence-corrected chi connectivity index (χ0v) is 15.9. The molecule has 0 saturated carbocycles. The van der Waals surface area contributed by atoms with Gasteiger partial charge in [-0.15, -0.1) is 21.5 Å². The highest BCUT2D eigenvalue weighted by Gasteiger charge is 2.10. The minimum absolute atomic E-state index is 0.0849. The lowest BCUT2D eigenvalue weighted by Crippen LogP contribution is -2.14. The van der Waals surface area contributed by atoms with Crippen LogP contribution >= 0.6 is 50.4 Å². The van der Waals surface area contributed by atoms with E-state index in [0.29, 0.717) is 11.6 Å². The van der Waals surface area contributed by atoms with Gasteiger partial charge in [0.25, 0.3) is 0 Å². The van der Waals surface area contributed by atoms with Gasteiger partial charge in [-0.05, 0) is 29.1 Å².